The number of fused-ring (bicyclic) bond motifs is 1. The standard InChI is InChI=1S/C18H18N4O3/c1-11-15(12(2)23)9-19-17-16(10-21-22(11)17)18(24)20-8-13-5-4-6-14(7-13)25-3/h4-7,9-10H,8H2,1-3H3,(H,20,24). The van der Waals surface area contributed by atoms with Crippen molar-refractivity contribution in [3.05, 3.63) is 59.0 Å². The van der Waals surface area contributed by atoms with E-state index in [1.54, 1.807) is 14.0 Å². The van der Waals surface area contributed by atoms with E-state index >= 15 is 0 Å². The number of hydrogen-bond acceptors (Lipinski definition) is 5. The van der Waals surface area contributed by atoms with E-state index in [1.165, 1.54) is 23.8 Å². The highest BCUT2D eigenvalue weighted by molar-refractivity contribution is 6.00. The molecule has 0 aliphatic heterocycles. The Morgan fingerprint density at radius 3 is 2.76 bits per heavy atom. The Bertz CT molecular complexity index is 962. The summed E-state index contributed by atoms with van der Waals surface area (Å²) in [5.74, 6) is 0.364. The molecule has 0 saturated carbocycles. The van der Waals surface area contributed by atoms with Gasteiger partial charge in [-0.3, -0.25) is 9.59 Å². The molecule has 0 radical (unpaired) electrons. The second-order valence-electron chi connectivity index (χ2n) is 5.64. The fourth-order valence-corrected chi connectivity index (χ4v) is 2.61. The maximum absolute atomic E-state index is 12.5. The molecule has 25 heavy (non-hydrogen) atoms. The molecular formula is C18H18N4O3. The van der Waals surface area contributed by atoms with Crippen molar-refractivity contribution in [1.29, 1.82) is 0 Å². The zero-order chi connectivity index (χ0) is 18.0. The lowest BCUT2D eigenvalue weighted by molar-refractivity contribution is 0.0951. The summed E-state index contributed by atoms with van der Waals surface area (Å²) >= 11 is 0. The lowest BCUT2D eigenvalue weighted by Crippen LogP contribution is -2.23. The number of nitrogens with zero attached hydrogens (tertiary/aromatic N) is 3. The van der Waals surface area contributed by atoms with Gasteiger partial charge in [-0.2, -0.15) is 5.10 Å². The number of aryl methyl sites for hydroxylation is 1. The minimum absolute atomic E-state index is 0.0913. The average molecular weight is 338 g/mol. The Morgan fingerprint density at radius 1 is 1.24 bits per heavy atom. The molecule has 0 aliphatic carbocycles. The Morgan fingerprint density at radius 2 is 2.04 bits per heavy atom. The van der Waals surface area contributed by atoms with Crippen LogP contribution in [0.2, 0.25) is 0 Å². The van der Waals surface area contributed by atoms with Crippen molar-refractivity contribution in [2.24, 2.45) is 0 Å². The molecule has 1 aromatic carbocycles. The molecule has 0 bridgehead atoms. The average Bonchev–Trinajstić information content (AvgIpc) is 3.05. The van der Waals surface area contributed by atoms with E-state index in [-0.39, 0.29) is 11.7 Å². The molecule has 1 N–H and O–H groups in total. The van der Waals surface area contributed by atoms with E-state index in [2.05, 4.69) is 15.4 Å². The Hall–Kier alpha value is -3.22. The largest absolute Gasteiger partial charge is 0.497 e. The van der Waals surface area contributed by atoms with Crippen LogP contribution >= 0.6 is 0 Å². The Balaban J connectivity index is 1.83. The number of ether oxygens (including phenoxy) is 1. The van der Waals surface area contributed by atoms with Gasteiger partial charge in [-0.15, -0.1) is 0 Å². The summed E-state index contributed by atoms with van der Waals surface area (Å²) in [6, 6.07) is 7.47. The van der Waals surface area contributed by atoms with Gasteiger partial charge in [0.15, 0.2) is 11.4 Å². The number of Topliss-reactive ketones (excluding diaryl/α,β-unsaturated/α-hetero) is 1. The molecule has 0 saturated heterocycles. The number of ketones is 1. The first-order valence-corrected chi connectivity index (χ1v) is 7.76. The van der Waals surface area contributed by atoms with Crippen molar-refractivity contribution in [2.45, 2.75) is 20.4 Å². The summed E-state index contributed by atoms with van der Waals surface area (Å²) in [5.41, 5.74) is 2.85. The number of hydrogen-bond donors (Lipinski definition) is 1. The third-order valence-corrected chi connectivity index (χ3v) is 3.98. The third-order valence-electron chi connectivity index (χ3n) is 3.98. The van der Waals surface area contributed by atoms with Gasteiger partial charge in [0.05, 0.1) is 24.6 Å². The van der Waals surface area contributed by atoms with Crippen molar-refractivity contribution in [3.63, 3.8) is 0 Å². The lowest BCUT2D eigenvalue weighted by atomic mass is 10.2. The predicted molar refractivity (Wildman–Crippen MR) is 91.9 cm³/mol. The summed E-state index contributed by atoms with van der Waals surface area (Å²) in [4.78, 5) is 28.3. The van der Waals surface area contributed by atoms with Crippen LogP contribution in [-0.4, -0.2) is 33.4 Å². The fraction of sp³-hybridized carbons (Fsp3) is 0.222. The highest BCUT2D eigenvalue weighted by Gasteiger charge is 2.17. The molecule has 128 valence electrons. The van der Waals surface area contributed by atoms with Crippen LogP contribution < -0.4 is 10.1 Å². The maximum atomic E-state index is 12.5. The molecule has 2 heterocycles. The molecule has 3 rings (SSSR count). The molecule has 0 aliphatic rings. The summed E-state index contributed by atoms with van der Waals surface area (Å²) in [6.07, 6.45) is 2.94. The monoisotopic (exact) mass is 338 g/mol. The molecule has 1 amide bonds. The van der Waals surface area contributed by atoms with Crippen molar-refractivity contribution < 1.29 is 14.3 Å². The van der Waals surface area contributed by atoms with Crippen LogP contribution in [0.1, 0.15) is 38.9 Å². The molecule has 7 heteroatoms. The molecular weight excluding hydrogens is 320 g/mol. The number of rotatable bonds is 5. The number of methoxy groups -OCH3 is 1. The Labute approximate surface area is 144 Å². The lowest BCUT2D eigenvalue weighted by Gasteiger charge is -2.07. The zero-order valence-corrected chi connectivity index (χ0v) is 14.2. The van der Waals surface area contributed by atoms with E-state index in [0.717, 1.165) is 11.3 Å². The number of carbonyl (C=O) groups is 2. The molecule has 0 atom stereocenters. The van der Waals surface area contributed by atoms with Gasteiger partial charge in [-0.05, 0) is 31.5 Å². The topological polar surface area (TPSA) is 85.6 Å². The van der Waals surface area contributed by atoms with Crippen molar-refractivity contribution in [3.8, 4) is 5.75 Å². The number of carbonyl (C=O) groups excluding carboxylic acids is 2. The minimum Gasteiger partial charge on any atom is -0.497 e. The van der Waals surface area contributed by atoms with Crippen LogP contribution in [0.5, 0.6) is 5.75 Å². The molecule has 2 aromatic heterocycles. The highest BCUT2D eigenvalue weighted by Crippen LogP contribution is 2.15. The van der Waals surface area contributed by atoms with Gasteiger partial charge in [-0.1, -0.05) is 12.1 Å². The van der Waals surface area contributed by atoms with Gasteiger partial charge in [0, 0.05) is 12.7 Å². The zero-order valence-electron chi connectivity index (χ0n) is 14.2. The van der Waals surface area contributed by atoms with E-state index in [0.29, 0.717) is 29.0 Å². The van der Waals surface area contributed by atoms with Crippen LogP contribution in [0.4, 0.5) is 0 Å². The number of amides is 1. The summed E-state index contributed by atoms with van der Waals surface area (Å²) in [6.45, 7) is 3.61. The first-order chi connectivity index (χ1) is 12.0. The van der Waals surface area contributed by atoms with Crippen molar-refractivity contribution >= 4 is 17.3 Å². The maximum Gasteiger partial charge on any atom is 0.257 e. The van der Waals surface area contributed by atoms with E-state index in [1.807, 2.05) is 24.3 Å². The molecule has 7 nitrogen and oxygen atoms in total. The third kappa shape index (κ3) is 3.21. The van der Waals surface area contributed by atoms with Crippen molar-refractivity contribution in [2.75, 3.05) is 7.11 Å². The minimum atomic E-state index is -0.278. The number of aromatic nitrogens is 3. The van der Waals surface area contributed by atoms with Crippen LogP contribution in [0.25, 0.3) is 5.65 Å². The van der Waals surface area contributed by atoms with Crippen LogP contribution in [0.15, 0.2) is 36.7 Å². The summed E-state index contributed by atoms with van der Waals surface area (Å²) in [5, 5.41) is 7.03. The molecule has 0 fully saturated rings. The smallest absolute Gasteiger partial charge is 0.257 e. The van der Waals surface area contributed by atoms with E-state index in [9.17, 15) is 9.59 Å². The molecule has 3 aromatic rings. The van der Waals surface area contributed by atoms with Gasteiger partial charge in [-0.25, -0.2) is 9.50 Å². The first kappa shape index (κ1) is 16.6. The van der Waals surface area contributed by atoms with E-state index < -0.39 is 0 Å². The van der Waals surface area contributed by atoms with Crippen LogP contribution in [0, 0.1) is 6.92 Å². The number of benzene rings is 1. The Kier molecular flexibility index (Phi) is 4.47. The quantitative estimate of drug-likeness (QED) is 0.721. The molecule has 0 unspecified atom stereocenters. The second-order valence-corrected chi connectivity index (χ2v) is 5.64. The molecule has 0 spiro atoms. The van der Waals surface area contributed by atoms with Crippen LogP contribution in [0.3, 0.4) is 0 Å². The summed E-state index contributed by atoms with van der Waals surface area (Å²) < 4.78 is 6.68. The highest BCUT2D eigenvalue weighted by atomic mass is 16.5. The summed E-state index contributed by atoms with van der Waals surface area (Å²) in [7, 11) is 1.60. The van der Waals surface area contributed by atoms with Gasteiger partial charge in [0.1, 0.15) is 11.3 Å². The van der Waals surface area contributed by atoms with Gasteiger partial charge in [0.2, 0.25) is 0 Å². The fourth-order valence-electron chi connectivity index (χ4n) is 2.61. The van der Waals surface area contributed by atoms with Gasteiger partial charge < -0.3 is 10.1 Å². The van der Waals surface area contributed by atoms with Gasteiger partial charge >= 0.3 is 0 Å². The predicted octanol–water partition coefficient (Wildman–Crippen LogP) is 2.18. The SMILES string of the molecule is COc1cccc(CNC(=O)c2cnn3c(C)c(C(C)=O)cnc23)c1. The first-order valence-electron chi connectivity index (χ1n) is 7.76. The number of nitrogens with one attached hydrogen (secondary N) is 1. The second kappa shape index (κ2) is 6.72. The van der Waals surface area contributed by atoms with E-state index in [4.69, 9.17) is 4.74 Å². The van der Waals surface area contributed by atoms with Crippen LogP contribution in [-0.2, 0) is 6.54 Å². The van der Waals surface area contributed by atoms with Crippen molar-refractivity contribution in [1.82, 2.24) is 19.9 Å². The van der Waals surface area contributed by atoms with Gasteiger partial charge in [0.25, 0.3) is 5.91 Å². The normalized spacial score (nSPS) is 10.7.